The van der Waals surface area contributed by atoms with Gasteiger partial charge in [-0.15, -0.1) is 0 Å². The molecule has 2 rings (SSSR count). The molecule has 4 heteroatoms. The first-order chi connectivity index (χ1) is 9.17. The summed E-state index contributed by atoms with van der Waals surface area (Å²) in [5, 5.41) is 4.45. The number of likely N-dealkylation sites (tertiary alicyclic amines) is 1. The van der Waals surface area contributed by atoms with Crippen molar-refractivity contribution in [2.45, 2.75) is 58.7 Å². The molecule has 0 amide bonds. The van der Waals surface area contributed by atoms with Crippen LogP contribution in [0.15, 0.2) is 12.4 Å². The molecule has 2 N–H and O–H groups in total. The summed E-state index contributed by atoms with van der Waals surface area (Å²) in [6.07, 6.45) is 7.89. The number of hydrogen-bond donors (Lipinski definition) is 1. The minimum atomic E-state index is 0.334. The monoisotopic (exact) mass is 264 g/mol. The van der Waals surface area contributed by atoms with Gasteiger partial charge in [-0.1, -0.05) is 20.8 Å². The van der Waals surface area contributed by atoms with E-state index in [1.165, 1.54) is 24.9 Å². The van der Waals surface area contributed by atoms with Crippen molar-refractivity contribution >= 4 is 0 Å². The number of nitrogens with two attached hydrogens (primary N) is 1. The summed E-state index contributed by atoms with van der Waals surface area (Å²) in [6.45, 7) is 9.65. The maximum Gasteiger partial charge on any atom is 0.0538 e. The maximum absolute atomic E-state index is 6.05. The highest BCUT2D eigenvalue weighted by Crippen LogP contribution is 2.32. The van der Waals surface area contributed by atoms with E-state index in [9.17, 15) is 0 Å². The normalized spacial score (nSPS) is 22.3. The Morgan fingerprint density at radius 2 is 2.26 bits per heavy atom. The lowest BCUT2D eigenvalue weighted by atomic mass is 9.99. The van der Waals surface area contributed by atoms with Crippen LogP contribution >= 0.6 is 0 Å². The summed E-state index contributed by atoms with van der Waals surface area (Å²) in [4.78, 5) is 2.60. The minimum absolute atomic E-state index is 0.334. The number of rotatable bonds is 6. The smallest absolute Gasteiger partial charge is 0.0538 e. The first kappa shape index (κ1) is 14.5. The number of hydrogen-bond acceptors (Lipinski definition) is 3. The summed E-state index contributed by atoms with van der Waals surface area (Å²) in [6, 6.07) is 1.00. The van der Waals surface area contributed by atoms with Gasteiger partial charge in [0.15, 0.2) is 0 Å². The van der Waals surface area contributed by atoms with Crippen molar-refractivity contribution in [3.05, 3.63) is 18.0 Å². The Balaban J connectivity index is 2.13. The molecule has 0 bridgehead atoms. The first-order valence-electron chi connectivity index (χ1n) is 7.65. The molecule has 2 atom stereocenters. The highest BCUT2D eigenvalue weighted by atomic mass is 15.3. The topological polar surface area (TPSA) is 47.1 Å². The zero-order valence-corrected chi connectivity index (χ0v) is 12.5. The molecular weight excluding hydrogens is 236 g/mol. The van der Waals surface area contributed by atoms with E-state index in [0.29, 0.717) is 24.5 Å². The molecule has 2 unspecified atom stereocenters. The van der Waals surface area contributed by atoms with Crippen LogP contribution in [0.5, 0.6) is 0 Å². The van der Waals surface area contributed by atoms with Crippen molar-refractivity contribution in [2.75, 3.05) is 13.1 Å². The molecule has 1 aliphatic heterocycles. The molecule has 0 aliphatic carbocycles. The van der Waals surface area contributed by atoms with E-state index in [-0.39, 0.29) is 0 Å². The predicted octanol–water partition coefficient (Wildman–Crippen LogP) is 2.41. The van der Waals surface area contributed by atoms with Gasteiger partial charge in [0, 0.05) is 30.9 Å². The van der Waals surface area contributed by atoms with Crippen molar-refractivity contribution in [3.63, 3.8) is 0 Å². The van der Waals surface area contributed by atoms with Gasteiger partial charge in [0.1, 0.15) is 0 Å². The second-order valence-electron chi connectivity index (χ2n) is 5.98. The van der Waals surface area contributed by atoms with Gasteiger partial charge in [0.25, 0.3) is 0 Å². The Kier molecular flexibility index (Phi) is 4.99. The van der Waals surface area contributed by atoms with Gasteiger partial charge in [0.05, 0.1) is 12.2 Å². The van der Waals surface area contributed by atoms with Crippen LogP contribution in [0.4, 0.5) is 0 Å². The van der Waals surface area contributed by atoms with Gasteiger partial charge in [-0.3, -0.25) is 9.58 Å². The average Bonchev–Trinajstić information content (AvgIpc) is 3.00. The van der Waals surface area contributed by atoms with Gasteiger partial charge >= 0.3 is 0 Å². The minimum Gasteiger partial charge on any atom is -0.329 e. The molecule has 1 aromatic rings. The molecular formula is C15H28N4. The zero-order chi connectivity index (χ0) is 13.8. The highest BCUT2D eigenvalue weighted by molar-refractivity contribution is 5.12. The number of aromatic nitrogens is 2. The van der Waals surface area contributed by atoms with Crippen LogP contribution in [0.2, 0.25) is 0 Å². The lowest BCUT2D eigenvalue weighted by Crippen LogP contribution is -2.39. The Morgan fingerprint density at radius 1 is 1.47 bits per heavy atom. The van der Waals surface area contributed by atoms with E-state index in [1.807, 2.05) is 10.9 Å². The summed E-state index contributed by atoms with van der Waals surface area (Å²) in [7, 11) is 0. The van der Waals surface area contributed by atoms with Gasteiger partial charge in [-0.2, -0.15) is 5.10 Å². The molecule has 4 nitrogen and oxygen atoms in total. The van der Waals surface area contributed by atoms with Crippen LogP contribution in [-0.4, -0.2) is 33.8 Å². The highest BCUT2D eigenvalue weighted by Gasteiger charge is 2.33. The fourth-order valence-corrected chi connectivity index (χ4v) is 3.28. The van der Waals surface area contributed by atoms with E-state index < -0.39 is 0 Å². The van der Waals surface area contributed by atoms with Gasteiger partial charge in [-0.25, -0.2) is 0 Å². The quantitative estimate of drug-likeness (QED) is 0.858. The van der Waals surface area contributed by atoms with Crippen molar-refractivity contribution in [2.24, 2.45) is 11.7 Å². The zero-order valence-electron chi connectivity index (χ0n) is 12.5. The Bertz CT molecular complexity index is 385. The lowest BCUT2D eigenvalue weighted by Gasteiger charge is -2.34. The first-order valence-corrected chi connectivity index (χ1v) is 7.65. The molecule has 0 spiro atoms. The molecule has 0 radical (unpaired) electrons. The van der Waals surface area contributed by atoms with Crippen LogP contribution in [0.3, 0.4) is 0 Å². The molecule has 19 heavy (non-hydrogen) atoms. The van der Waals surface area contributed by atoms with Crippen molar-refractivity contribution in [3.8, 4) is 0 Å². The predicted molar refractivity (Wildman–Crippen MR) is 78.9 cm³/mol. The van der Waals surface area contributed by atoms with E-state index in [4.69, 9.17) is 5.73 Å². The van der Waals surface area contributed by atoms with E-state index >= 15 is 0 Å². The largest absolute Gasteiger partial charge is 0.329 e. The number of aryl methyl sites for hydroxylation is 1. The Morgan fingerprint density at radius 3 is 2.89 bits per heavy atom. The van der Waals surface area contributed by atoms with Crippen LogP contribution in [-0.2, 0) is 6.54 Å². The van der Waals surface area contributed by atoms with E-state index in [0.717, 1.165) is 13.0 Å². The molecule has 1 aromatic heterocycles. The van der Waals surface area contributed by atoms with Crippen LogP contribution in [0.25, 0.3) is 0 Å². The van der Waals surface area contributed by atoms with Crippen LogP contribution < -0.4 is 5.73 Å². The van der Waals surface area contributed by atoms with Gasteiger partial charge < -0.3 is 5.73 Å². The fourth-order valence-electron chi connectivity index (χ4n) is 3.28. The van der Waals surface area contributed by atoms with Gasteiger partial charge in [-0.05, 0) is 31.7 Å². The Labute approximate surface area is 117 Å². The molecule has 108 valence electrons. The summed E-state index contributed by atoms with van der Waals surface area (Å²) in [5.74, 6) is 0.697. The van der Waals surface area contributed by atoms with E-state index in [1.54, 1.807) is 0 Å². The maximum atomic E-state index is 6.05. The van der Waals surface area contributed by atoms with Crippen LogP contribution in [0.1, 0.15) is 51.6 Å². The van der Waals surface area contributed by atoms with Crippen molar-refractivity contribution < 1.29 is 0 Å². The van der Waals surface area contributed by atoms with Crippen LogP contribution in [0, 0.1) is 5.92 Å². The molecule has 1 saturated heterocycles. The average molecular weight is 264 g/mol. The third-order valence-electron chi connectivity index (χ3n) is 4.23. The van der Waals surface area contributed by atoms with Crippen molar-refractivity contribution in [1.82, 2.24) is 14.7 Å². The summed E-state index contributed by atoms with van der Waals surface area (Å²) in [5.41, 5.74) is 7.33. The SMILES string of the molecule is CCCn1cc(C(CN)N2CCCC2C(C)C)cn1. The summed E-state index contributed by atoms with van der Waals surface area (Å²) < 4.78 is 2.04. The number of nitrogens with zero attached hydrogens (tertiary/aromatic N) is 3. The Hall–Kier alpha value is -0.870. The standard InChI is InChI=1S/C15H28N4/c1-4-7-18-11-13(10-17-18)15(9-16)19-8-5-6-14(19)12(2)3/h10-12,14-15H,4-9,16H2,1-3H3. The molecule has 2 heterocycles. The molecule has 0 saturated carbocycles. The fraction of sp³-hybridized carbons (Fsp3) is 0.800. The molecule has 1 aliphatic rings. The third-order valence-corrected chi connectivity index (χ3v) is 4.23. The third kappa shape index (κ3) is 3.18. The molecule has 1 fully saturated rings. The molecule has 0 aromatic carbocycles. The van der Waals surface area contributed by atoms with Gasteiger partial charge in [0.2, 0.25) is 0 Å². The van der Waals surface area contributed by atoms with Crippen molar-refractivity contribution in [1.29, 1.82) is 0 Å². The summed E-state index contributed by atoms with van der Waals surface area (Å²) >= 11 is 0. The second-order valence-corrected chi connectivity index (χ2v) is 5.98. The van der Waals surface area contributed by atoms with E-state index in [2.05, 4.69) is 37.0 Å². The second kappa shape index (κ2) is 6.53. The lowest BCUT2D eigenvalue weighted by molar-refractivity contribution is 0.149.